The van der Waals surface area contributed by atoms with Gasteiger partial charge in [0.2, 0.25) is 0 Å². The number of anilines is 1. The highest BCUT2D eigenvalue weighted by Crippen LogP contribution is 2.39. The molecule has 0 spiro atoms. The maximum atomic E-state index is 12.3. The summed E-state index contributed by atoms with van der Waals surface area (Å²) in [5.41, 5.74) is 4.54. The molecule has 0 atom stereocenters. The van der Waals surface area contributed by atoms with E-state index in [1.165, 1.54) is 23.1 Å². The molecule has 2 heterocycles. The molecule has 25 heavy (non-hydrogen) atoms. The van der Waals surface area contributed by atoms with E-state index in [1.54, 1.807) is 11.3 Å². The number of rotatable bonds is 2. The standard InChI is InChI=1S/C19H20N2O2S2/c1-23-18(22)16-14-7-4-8-15(14)25-17(16)20-19(24)21-10-9-12-5-2-3-6-13(12)11-21/h2-3,5-6H,4,7-11H2,1H3,(H,20,24). The number of carbonyl (C=O) groups is 1. The molecule has 6 heteroatoms. The number of nitrogens with zero attached hydrogens (tertiary/aromatic N) is 1. The third-order valence-electron chi connectivity index (χ3n) is 4.95. The number of esters is 1. The van der Waals surface area contributed by atoms with Crippen molar-refractivity contribution < 1.29 is 9.53 Å². The van der Waals surface area contributed by atoms with Gasteiger partial charge in [0.25, 0.3) is 0 Å². The molecule has 4 rings (SSSR count). The van der Waals surface area contributed by atoms with E-state index in [-0.39, 0.29) is 5.97 Å². The van der Waals surface area contributed by atoms with E-state index in [4.69, 9.17) is 17.0 Å². The number of thiophene rings is 1. The maximum absolute atomic E-state index is 12.3. The molecule has 0 bridgehead atoms. The van der Waals surface area contributed by atoms with Crippen LogP contribution in [0.5, 0.6) is 0 Å². The molecule has 4 nitrogen and oxygen atoms in total. The molecule has 1 aliphatic carbocycles. The largest absolute Gasteiger partial charge is 0.465 e. The quantitative estimate of drug-likeness (QED) is 0.642. The van der Waals surface area contributed by atoms with Gasteiger partial charge in [-0.1, -0.05) is 24.3 Å². The van der Waals surface area contributed by atoms with Crippen LogP contribution in [0, 0.1) is 0 Å². The lowest BCUT2D eigenvalue weighted by Crippen LogP contribution is -2.38. The zero-order valence-corrected chi connectivity index (χ0v) is 15.8. The minimum absolute atomic E-state index is 0.270. The molecule has 130 valence electrons. The topological polar surface area (TPSA) is 41.6 Å². The van der Waals surface area contributed by atoms with Crippen molar-refractivity contribution >= 4 is 39.6 Å². The number of thiocarbonyl (C=S) groups is 1. The Hall–Kier alpha value is -1.92. The Morgan fingerprint density at radius 2 is 2.04 bits per heavy atom. The summed E-state index contributed by atoms with van der Waals surface area (Å²) < 4.78 is 5.00. The number of hydrogen-bond donors (Lipinski definition) is 1. The van der Waals surface area contributed by atoms with Crippen LogP contribution in [0.25, 0.3) is 0 Å². The van der Waals surface area contributed by atoms with Gasteiger partial charge in [0.15, 0.2) is 5.11 Å². The monoisotopic (exact) mass is 372 g/mol. The van der Waals surface area contributed by atoms with E-state index in [2.05, 4.69) is 34.5 Å². The summed E-state index contributed by atoms with van der Waals surface area (Å²) in [7, 11) is 1.44. The van der Waals surface area contributed by atoms with Gasteiger partial charge in [-0.3, -0.25) is 0 Å². The average molecular weight is 373 g/mol. The van der Waals surface area contributed by atoms with Crippen LogP contribution in [0.15, 0.2) is 24.3 Å². The van der Waals surface area contributed by atoms with Gasteiger partial charge in [-0.25, -0.2) is 4.79 Å². The van der Waals surface area contributed by atoms with Crippen molar-refractivity contribution in [2.45, 2.75) is 32.2 Å². The summed E-state index contributed by atoms with van der Waals surface area (Å²) in [6.45, 7) is 1.70. The summed E-state index contributed by atoms with van der Waals surface area (Å²) in [6, 6.07) is 8.49. The highest BCUT2D eigenvalue weighted by Gasteiger charge is 2.28. The molecule has 0 saturated heterocycles. The SMILES string of the molecule is COC(=O)c1c(NC(=S)N2CCc3ccccc3C2)sc2c1CCC2. The Balaban J connectivity index is 1.55. The fourth-order valence-electron chi connectivity index (χ4n) is 3.66. The van der Waals surface area contributed by atoms with Crippen LogP contribution in [0.1, 0.15) is 38.3 Å². The molecule has 2 aliphatic rings. The van der Waals surface area contributed by atoms with Crippen molar-refractivity contribution in [3.8, 4) is 0 Å². The third-order valence-corrected chi connectivity index (χ3v) is 6.52. The average Bonchev–Trinajstić information content (AvgIpc) is 3.21. The van der Waals surface area contributed by atoms with Crippen LogP contribution in [-0.2, 0) is 30.5 Å². The lowest BCUT2D eigenvalue weighted by Gasteiger charge is -2.31. The van der Waals surface area contributed by atoms with Crippen LogP contribution in [0.3, 0.4) is 0 Å². The van der Waals surface area contributed by atoms with Gasteiger partial charge < -0.3 is 15.0 Å². The number of carbonyl (C=O) groups excluding carboxylic acids is 1. The third kappa shape index (κ3) is 3.04. The van der Waals surface area contributed by atoms with E-state index < -0.39 is 0 Å². The summed E-state index contributed by atoms with van der Waals surface area (Å²) >= 11 is 7.29. The summed E-state index contributed by atoms with van der Waals surface area (Å²) in [6.07, 6.45) is 4.08. The summed E-state index contributed by atoms with van der Waals surface area (Å²) in [4.78, 5) is 15.7. The second kappa shape index (κ2) is 6.77. The molecule has 0 saturated carbocycles. The molecular weight excluding hydrogens is 352 g/mol. The molecule has 1 aliphatic heterocycles. The van der Waals surface area contributed by atoms with Crippen molar-refractivity contribution in [3.05, 3.63) is 51.4 Å². The zero-order valence-electron chi connectivity index (χ0n) is 14.1. The first-order valence-corrected chi connectivity index (χ1v) is 9.75. The fourth-order valence-corrected chi connectivity index (χ4v) is 5.25. The highest BCUT2D eigenvalue weighted by atomic mass is 32.1. The van der Waals surface area contributed by atoms with E-state index in [0.29, 0.717) is 10.7 Å². The normalized spacial score (nSPS) is 15.5. The lowest BCUT2D eigenvalue weighted by atomic mass is 10.0. The maximum Gasteiger partial charge on any atom is 0.341 e. The molecule has 2 aromatic rings. The zero-order chi connectivity index (χ0) is 17.4. The number of nitrogens with one attached hydrogen (secondary N) is 1. The Bertz CT molecular complexity index is 844. The van der Waals surface area contributed by atoms with E-state index in [9.17, 15) is 4.79 Å². The van der Waals surface area contributed by atoms with Gasteiger partial charge in [0.1, 0.15) is 5.00 Å². The van der Waals surface area contributed by atoms with Crippen molar-refractivity contribution in [2.24, 2.45) is 0 Å². The smallest absolute Gasteiger partial charge is 0.341 e. The molecule has 1 aromatic carbocycles. The van der Waals surface area contributed by atoms with Crippen LogP contribution >= 0.6 is 23.6 Å². The number of hydrogen-bond acceptors (Lipinski definition) is 4. The van der Waals surface area contributed by atoms with Crippen LogP contribution in [0.2, 0.25) is 0 Å². The van der Waals surface area contributed by atoms with E-state index in [1.807, 2.05) is 0 Å². The summed E-state index contributed by atoms with van der Waals surface area (Å²) in [5.74, 6) is -0.270. The van der Waals surface area contributed by atoms with Crippen molar-refractivity contribution in [3.63, 3.8) is 0 Å². The minimum Gasteiger partial charge on any atom is -0.465 e. The van der Waals surface area contributed by atoms with Gasteiger partial charge in [-0.2, -0.15) is 0 Å². The second-order valence-electron chi connectivity index (χ2n) is 6.42. The van der Waals surface area contributed by atoms with Crippen LogP contribution in [0.4, 0.5) is 5.00 Å². The minimum atomic E-state index is -0.270. The van der Waals surface area contributed by atoms with Crippen molar-refractivity contribution in [1.82, 2.24) is 4.90 Å². The predicted octanol–water partition coefficient (Wildman–Crippen LogP) is 3.78. The second-order valence-corrected chi connectivity index (χ2v) is 7.92. The van der Waals surface area contributed by atoms with E-state index >= 15 is 0 Å². The molecule has 1 aromatic heterocycles. The predicted molar refractivity (Wildman–Crippen MR) is 104 cm³/mol. The Morgan fingerprint density at radius 1 is 1.24 bits per heavy atom. The van der Waals surface area contributed by atoms with E-state index in [0.717, 1.165) is 49.3 Å². The van der Waals surface area contributed by atoms with Gasteiger partial charge in [-0.15, -0.1) is 11.3 Å². The number of benzene rings is 1. The molecule has 0 amide bonds. The Labute approximate surface area is 156 Å². The van der Waals surface area contributed by atoms with Crippen LogP contribution < -0.4 is 5.32 Å². The number of methoxy groups -OCH3 is 1. The molecule has 1 N–H and O–H groups in total. The fraction of sp³-hybridized carbons (Fsp3) is 0.368. The highest BCUT2D eigenvalue weighted by molar-refractivity contribution is 7.80. The summed E-state index contributed by atoms with van der Waals surface area (Å²) in [5, 5.41) is 4.84. The molecule has 0 fully saturated rings. The number of fused-ring (bicyclic) bond motifs is 2. The molecule has 0 unspecified atom stereocenters. The van der Waals surface area contributed by atoms with Crippen molar-refractivity contribution in [1.29, 1.82) is 0 Å². The first-order chi connectivity index (χ1) is 12.2. The molecule has 0 radical (unpaired) electrons. The molecular formula is C19H20N2O2S2. The van der Waals surface area contributed by atoms with Gasteiger partial charge in [-0.05, 0) is 54.6 Å². The van der Waals surface area contributed by atoms with Gasteiger partial charge in [0.05, 0.1) is 12.7 Å². The first-order valence-electron chi connectivity index (χ1n) is 8.53. The Morgan fingerprint density at radius 3 is 2.84 bits per heavy atom. The van der Waals surface area contributed by atoms with Gasteiger partial charge >= 0.3 is 5.97 Å². The number of ether oxygens (including phenoxy) is 1. The Kier molecular flexibility index (Phi) is 4.48. The van der Waals surface area contributed by atoms with Crippen LogP contribution in [-0.4, -0.2) is 29.6 Å². The van der Waals surface area contributed by atoms with Crippen molar-refractivity contribution in [2.75, 3.05) is 19.0 Å². The first kappa shape index (κ1) is 16.5. The van der Waals surface area contributed by atoms with Gasteiger partial charge in [0, 0.05) is 18.0 Å². The lowest BCUT2D eigenvalue weighted by molar-refractivity contribution is 0.0601. The number of aryl methyl sites for hydroxylation is 1.